The van der Waals surface area contributed by atoms with E-state index in [4.69, 9.17) is 5.73 Å². The van der Waals surface area contributed by atoms with Crippen LogP contribution >= 0.6 is 0 Å². The van der Waals surface area contributed by atoms with Crippen molar-refractivity contribution in [3.8, 4) is 11.3 Å². The van der Waals surface area contributed by atoms with E-state index in [0.717, 1.165) is 5.69 Å². The predicted molar refractivity (Wildman–Crippen MR) is 65.8 cm³/mol. The van der Waals surface area contributed by atoms with Crippen LogP contribution in [0.1, 0.15) is 11.4 Å². The second kappa shape index (κ2) is 4.36. The summed E-state index contributed by atoms with van der Waals surface area (Å²) in [6, 6.07) is 3.48. The highest BCUT2D eigenvalue weighted by Crippen LogP contribution is 2.30. The SMILES string of the molecule is Cc1ccc(-c2nc(N)nc(C)c2[N+](=O)[O-])cn1. The van der Waals surface area contributed by atoms with Crippen LogP contribution in [0.5, 0.6) is 0 Å². The second-order valence-electron chi connectivity index (χ2n) is 3.81. The monoisotopic (exact) mass is 245 g/mol. The molecule has 2 aromatic heterocycles. The Bertz CT molecular complexity index is 610. The number of nitro groups is 1. The van der Waals surface area contributed by atoms with Gasteiger partial charge in [0.05, 0.1) is 4.92 Å². The van der Waals surface area contributed by atoms with Gasteiger partial charge in [-0.2, -0.15) is 0 Å². The molecule has 0 aliphatic rings. The zero-order valence-corrected chi connectivity index (χ0v) is 9.91. The van der Waals surface area contributed by atoms with E-state index in [-0.39, 0.29) is 23.0 Å². The van der Waals surface area contributed by atoms with Crippen LogP contribution < -0.4 is 5.73 Å². The van der Waals surface area contributed by atoms with Gasteiger partial charge in [0.15, 0.2) is 5.69 Å². The largest absolute Gasteiger partial charge is 0.368 e. The number of nitrogens with zero attached hydrogens (tertiary/aromatic N) is 4. The van der Waals surface area contributed by atoms with E-state index in [1.165, 1.54) is 13.1 Å². The van der Waals surface area contributed by atoms with E-state index in [1.54, 1.807) is 12.1 Å². The van der Waals surface area contributed by atoms with Gasteiger partial charge in [-0.15, -0.1) is 0 Å². The van der Waals surface area contributed by atoms with Gasteiger partial charge in [-0.3, -0.25) is 15.1 Å². The molecule has 2 N–H and O–H groups in total. The first-order valence-electron chi connectivity index (χ1n) is 5.20. The van der Waals surface area contributed by atoms with Crippen molar-refractivity contribution >= 4 is 11.6 Å². The van der Waals surface area contributed by atoms with Crippen molar-refractivity contribution in [2.75, 3.05) is 5.73 Å². The van der Waals surface area contributed by atoms with Gasteiger partial charge in [-0.1, -0.05) is 0 Å². The molecule has 18 heavy (non-hydrogen) atoms. The quantitative estimate of drug-likeness (QED) is 0.636. The Hall–Kier alpha value is -2.57. The molecule has 0 aromatic carbocycles. The summed E-state index contributed by atoms with van der Waals surface area (Å²) in [7, 11) is 0. The average Bonchev–Trinajstić information content (AvgIpc) is 2.28. The number of hydrogen-bond donors (Lipinski definition) is 1. The molecule has 0 amide bonds. The maximum absolute atomic E-state index is 11.1. The van der Waals surface area contributed by atoms with E-state index in [0.29, 0.717) is 5.56 Å². The highest BCUT2D eigenvalue weighted by molar-refractivity contribution is 5.71. The molecule has 0 spiro atoms. The van der Waals surface area contributed by atoms with Gasteiger partial charge < -0.3 is 5.73 Å². The Morgan fingerprint density at radius 3 is 2.56 bits per heavy atom. The van der Waals surface area contributed by atoms with E-state index in [9.17, 15) is 10.1 Å². The third-order valence-electron chi connectivity index (χ3n) is 2.44. The summed E-state index contributed by atoms with van der Waals surface area (Å²) < 4.78 is 0. The highest BCUT2D eigenvalue weighted by Gasteiger charge is 2.22. The summed E-state index contributed by atoms with van der Waals surface area (Å²) in [4.78, 5) is 22.4. The normalized spacial score (nSPS) is 10.3. The van der Waals surface area contributed by atoms with Crippen LogP contribution in [-0.4, -0.2) is 19.9 Å². The molecule has 2 heterocycles. The molecule has 0 aliphatic carbocycles. The minimum absolute atomic E-state index is 0.00803. The van der Waals surface area contributed by atoms with Gasteiger partial charge in [-0.25, -0.2) is 9.97 Å². The first kappa shape index (κ1) is 11.9. The number of rotatable bonds is 2. The molecule has 0 radical (unpaired) electrons. The average molecular weight is 245 g/mol. The number of pyridine rings is 1. The lowest BCUT2D eigenvalue weighted by Crippen LogP contribution is -2.04. The number of nitrogen functional groups attached to an aromatic ring is 1. The number of aryl methyl sites for hydroxylation is 2. The Balaban J connectivity index is 2.69. The first-order chi connectivity index (χ1) is 8.49. The Kier molecular flexibility index (Phi) is 2.88. The van der Waals surface area contributed by atoms with E-state index < -0.39 is 4.92 Å². The van der Waals surface area contributed by atoms with Gasteiger partial charge in [-0.05, 0) is 26.0 Å². The van der Waals surface area contributed by atoms with E-state index in [1.807, 2.05) is 6.92 Å². The lowest BCUT2D eigenvalue weighted by atomic mass is 10.1. The zero-order chi connectivity index (χ0) is 13.3. The standard InChI is InChI=1S/C11H11N5O2/c1-6-3-4-8(5-13-6)9-10(16(17)18)7(2)14-11(12)15-9/h3-5H,1-2H3,(H2,12,14,15). The lowest BCUT2D eigenvalue weighted by molar-refractivity contribution is -0.385. The van der Waals surface area contributed by atoms with E-state index >= 15 is 0 Å². The summed E-state index contributed by atoms with van der Waals surface area (Å²) in [5, 5.41) is 11.1. The van der Waals surface area contributed by atoms with Crippen LogP contribution in [0, 0.1) is 24.0 Å². The molecule has 0 aliphatic heterocycles. The minimum Gasteiger partial charge on any atom is -0.368 e. The molecule has 0 saturated heterocycles. The van der Waals surface area contributed by atoms with Crippen molar-refractivity contribution in [1.29, 1.82) is 0 Å². The van der Waals surface area contributed by atoms with Crippen LogP contribution in [-0.2, 0) is 0 Å². The van der Waals surface area contributed by atoms with Crippen molar-refractivity contribution in [2.45, 2.75) is 13.8 Å². The van der Waals surface area contributed by atoms with Crippen molar-refractivity contribution in [1.82, 2.24) is 15.0 Å². The lowest BCUT2D eigenvalue weighted by Gasteiger charge is -2.05. The third kappa shape index (κ3) is 2.10. The Morgan fingerprint density at radius 2 is 2.00 bits per heavy atom. The fraction of sp³-hybridized carbons (Fsp3) is 0.182. The van der Waals surface area contributed by atoms with Gasteiger partial charge in [0.2, 0.25) is 5.95 Å². The topological polar surface area (TPSA) is 108 Å². The molecule has 92 valence electrons. The molecule has 7 heteroatoms. The molecule has 0 fully saturated rings. The Morgan fingerprint density at radius 1 is 1.28 bits per heavy atom. The van der Waals surface area contributed by atoms with E-state index in [2.05, 4.69) is 15.0 Å². The van der Waals surface area contributed by atoms with Crippen molar-refractivity contribution in [3.63, 3.8) is 0 Å². The van der Waals surface area contributed by atoms with Crippen molar-refractivity contribution in [3.05, 3.63) is 39.8 Å². The van der Waals surface area contributed by atoms with Gasteiger partial charge in [0, 0.05) is 17.5 Å². The molecule has 2 rings (SSSR count). The van der Waals surface area contributed by atoms with Crippen LogP contribution in [0.25, 0.3) is 11.3 Å². The molecular weight excluding hydrogens is 234 g/mol. The van der Waals surface area contributed by atoms with Gasteiger partial charge >= 0.3 is 5.69 Å². The molecule has 0 unspecified atom stereocenters. The summed E-state index contributed by atoms with van der Waals surface area (Å²) in [5.74, 6) is 0.00803. The molecular formula is C11H11N5O2. The fourth-order valence-electron chi connectivity index (χ4n) is 1.62. The van der Waals surface area contributed by atoms with Gasteiger partial charge in [0.1, 0.15) is 5.69 Å². The highest BCUT2D eigenvalue weighted by atomic mass is 16.6. The number of aromatic nitrogens is 3. The van der Waals surface area contributed by atoms with Crippen LogP contribution in [0.2, 0.25) is 0 Å². The predicted octanol–water partition coefficient (Wildman–Crippen LogP) is 1.65. The zero-order valence-electron chi connectivity index (χ0n) is 9.91. The first-order valence-corrected chi connectivity index (χ1v) is 5.20. The summed E-state index contributed by atoms with van der Waals surface area (Å²) in [6.45, 7) is 3.36. The summed E-state index contributed by atoms with van der Waals surface area (Å²) >= 11 is 0. The third-order valence-corrected chi connectivity index (χ3v) is 2.44. The minimum atomic E-state index is -0.510. The van der Waals surface area contributed by atoms with Crippen molar-refractivity contribution < 1.29 is 4.92 Å². The van der Waals surface area contributed by atoms with Gasteiger partial charge in [0.25, 0.3) is 0 Å². The maximum Gasteiger partial charge on any atom is 0.316 e. The molecule has 0 bridgehead atoms. The summed E-state index contributed by atoms with van der Waals surface area (Å²) in [5.41, 5.74) is 7.18. The van der Waals surface area contributed by atoms with Crippen LogP contribution in [0.3, 0.4) is 0 Å². The molecule has 2 aromatic rings. The maximum atomic E-state index is 11.1. The van der Waals surface area contributed by atoms with Crippen LogP contribution in [0.4, 0.5) is 11.6 Å². The molecule has 7 nitrogen and oxygen atoms in total. The summed E-state index contributed by atoms with van der Waals surface area (Å²) in [6.07, 6.45) is 1.53. The smallest absolute Gasteiger partial charge is 0.316 e. The number of anilines is 1. The van der Waals surface area contributed by atoms with Crippen molar-refractivity contribution in [2.24, 2.45) is 0 Å². The molecule has 0 atom stereocenters. The number of nitrogens with two attached hydrogens (primary N) is 1. The molecule has 0 saturated carbocycles. The van der Waals surface area contributed by atoms with Crippen LogP contribution in [0.15, 0.2) is 18.3 Å². The Labute approximate surface area is 103 Å². The fourth-order valence-corrected chi connectivity index (χ4v) is 1.62. The number of hydrogen-bond acceptors (Lipinski definition) is 6. The second-order valence-corrected chi connectivity index (χ2v) is 3.81.